The number of rotatable bonds is 9. The molecular formula is C26H36N2. The SMILES string of the molecule is C=C(/C=C\CC)N(/C=C(/CC)n1cc(C(C)C)c2cc(C)ccc21)/C=C/CC. The van der Waals surface area contributed by atoms with Gasteiger partial charge in [0.15, 0.2) is 0 Å². The number of hydrogen-bond acceptors (Lipinski definition) is 1. The summed E-state index contributed by atoms with van der Waals surface area (Å²) < 4.78 is 2.35. The Bertz CT molecular complexity index is 891. The average molecular weight is 377 g/mol. The van der Waals surface area contributed by atoms with Crippen LogP contribution in [0.5, 0.6) is 0 Å². The van der Waals surface area contributed by atoms with Crippen LogP contribution < -0.4 is 0 Å². The number of aryl methyl sites for hydroxylation is 1. The maximum atomic E-state index is 4.27. The molecule has 0 radical (unpaired) electrons. The van der Waals surface area contributed by atoms with Gasteiger partial charge in [0.05, 0.1) is 5.52 Å². The zero-order valence-corrected chi connectivity index (χ0v) is 18.5. The van der Waals surface area contributed by atoms with Gasteiger partial charge in [-0.25, -0.2) is 0 Å². The monoisotopic (exact) mass is 376 g/mol. The molecule has 0 unspecified atom stereocenters. The highest BCUT2D eigenvalue weighted by atomic mass is 15.1. The molecule has 1 heterocycles. The van der Waals surface area contributed by atoms with Crippen LogP contribution in [-0.2, 0) is 0 Å². The molecule has 0 aliphatic heterocycles. The summed E-state index contributed by atoms with van der Waals surface area (Å²) in [7, 11) is 0. The smallest absolute Gasteiger partial charge is 0.0529 e. The Kier molecular flexibility index (Phi) is 7.92. The number of benzene rings is 1. The second kappa shape index (κ2) is 10.2. The molecule has 28 heavy (non-hydrogen) atoms. The fourth-order valence-electron chi connectivity index (χ4n) is 3.33. The quantitative estimate of drug-likeness (QED) is 0.403. The van der Waals surface area contributed by atoms with Gasteiger partial charge in [0.2, 0.25) is 0 Å². The lowest BCUT2D eigenvalue weighted by Crippen LogP contribution is -2.09. The third-order valence-electron chi connectivity index (χ3n) is 4.95. The average Bonchev–Trinajstić information content (AvgIpc) is 3.05. The Morgan fingerprint density at radius 3 is 2.46 bits per heavy atom. The molecule has 0 saturated carbocycles. The molecule has 2 nitrogen and oxygen atoms in total. The summed E-state index contributed by atoms with van der Waals surface area (Å²) in [6, 6.07) is 6.76. The zero-order chi connectivity index (χ0) is 20.7. The Morgan fingerprint density at radius 1 is 1.14 bits per heavy atom. The van der Waals surface area contributed by atoms with Crippen molar-refractivity contribution >= 4 is 16.6 Å². The summed E-state index contributed by atoms with van der Waals surface area (Å²) in [6.45, 7) is 17.5. The molecule has 0 spiro atoms. The van der Waals surface area contributed by atoms with Gasteiger partial charge >= 0.3 is 0 Å². The molecule has 2 rings (SSSR count). The minimum absolute atomic E-state index is 0.488. The Labute approximate surface area is 171 Å². The lowest BCUT2D eigenvalue weighted by atomic mass is 10.0. The first-order valence-electron chi connectivity index (χ1n) is 10.6. The van der Waals surface area contributed by atoms with E-state index in [-0.39, 0.29) is 0 Å². The Balaban J connectivity index is 2.59. The molecule has 0 atom stereocenters. The van der Waals surface area contributed by atoms with E-state index in [0.29, 0.717) is 5.92 Å². The van der Waals surface area contributed by atoms with E-state index in [2.05, 4.69) is 113 Å². The maximum absolute atomic E-state index is 4.27. The van der Waals surface area contributed by atoms with E-state index in [1.165, 1.54) is 27.7 Å². The van der Waals surface area contributed by atoms with Gasteiger partial charge in [-0.1, -0.05) is 65.0 Å². The van der Waals surface area contributed by atoms with Gasteiger partial charge in [-0.2, -0.15) is 0 Å². The van der Waals surface area contributed by atoms with Crippen molar-refractivity contribution < 1.29 is 0 Å². The number of aromatic nitrogens is 1. The predicted molar refractivity (Wildman–Crippen MR) is 125 cm³/mol. The minimum atomic E-state index is 0.488. The second-order valence-electron chi connectivity index (χ2n) is 7.61. The Hall–Kier alpha value is -2.48. The minimum Gasteiger partial charge on any atom is -0.323 e. The van der Waals surface area contributed by atoms with Crippen molar-refractivity contribution in [3.05, 3.63) is 78.4 Å². The predicted octanol–water partition coefficient (Wildman–Crippen LogP) is 7.99. The van der Waals surface area contributed by atoms with E-state index >= 15 is 0 Å². The lowest BCUT2D eigenvalue weighted by Gasteiger charge is -2.19. The number of allylic oxidation sites excluding steroid dienone is 4. The van der Waals surface area contributed by atoms with Crippen LogP contribution in [0, 0.1) is 6.92 Å². The summed E-state index contributed by atoms with van der Waals surface area (Å²) in [5.74, 6) is 0.488. The molecule has 1 aromatic heterocycles. The summed E-state index contributed by atoms with van der Waals surface area (Å²) in [6.07, 6.45) is 16.0. The molecule has 2 heteroatoms. The number of hydrogen-bond donors (Lipinski definition) is 0. The summed E-state index contributed by atoms with van der Waals surface area (Å²) in [4.78, 5) is 2.14. The largest absolute Gasteiger partial charge is 0.323 e. The lowest BCUT2D eigenvalue weighted by molar-refractivity contribution is 0.645. The highest BCUT2D eigenvalue weighted by Crippen LogP contribution is 2.31. The van der Waals surface area contributed by atoms with E-state index in [1.807, 2.05) is 0 Å². The van der Waals surface area contributed by atoms with Crippen molar-refractivity contribution in [1.29, 1.82) is 0 Å². The highest BCUT2D eigenvalue weighted by Gasteiger charge is 2.14. The van der Waals surface area contributed by atoms with Gasteiger partial charge in [0, 0.05) is 35.4 Å². The zero-order valence-electron chi connectivity index (χ0n) is 18.5. The van der Waals surface area contributed by atoms with Gasteiger partial charge < -0.3 is 9.47 Å². The summed E-state index contributed by atoms with van der Waals surface area (Å²) in [5, 5.41) is 1.36. The van der Waals surface area contributed by atoms with Crippen molar-refractivity contribution in [3.8, 4) is 0 Å². The first kappa shape index (κ1) is 21.8. The second-order valence-corrected chi connectivity index (χ2v) is 7.61. The first-order chi connectivity index (χ1) is 13.4. The van der Waals surface area contributed by atoms with Crippen LogP contribution in [-0.4, -0.2) is 9.47 Å². The third kappa shape index (κ3) is 5.07. The fraction of sp³-hybridized carbons (Fsp3) is 0.385. The highest BCUT2D eigenvalue weighted by molar-refractivity contribution is 5.88. The molecule has 0 amide bonds. The van der Waals surface area contributed by atoms with Crippen LogP contribution in [0.2, 0.25) is 0 Å². The molecule has 0 aliphatic carbocycles. The van der Waals surface area contributed by atoms with Crippen molar-refractivity contribution in [2.24, 2.45) is 0 Å². The molecule has 150 valence electrons. The molecular weight excluding hydrogens is 340 g/mol. The molecule has 1 aromatic carbocycles. The van der Waals surface area contributed by atoms with Crippen molar-refractivity contribution in [2.75, 3.05) is 0 Å². The van der Waals surface area contributed by atoms with E-state index in [4.69, 9.17) is 0 Å². The van der Waals surface area contributed by atoms with Gasteiger partial charge in [-0.05, 0) is 55.9 Å². The van der Waals surface area contributed by atoms with Crippen molar-refractivity contribution in [2.45, 2.75) is 66.7 Å². The van der Waals surface area contributed by atoms with Crippen LogP contribution >= 0.6 is 0 Å². The van der Waals surface area contributed by atoms with Crippen LogP contribution in [0.15, 0.2) is 67.3 Å². The standard InChI is InChI=1S/C26H36N2/c1-8-11-13-22(7)27(16-12-9-2)18-23(10-3)28-19-25(20(4)5)24-17-21(6)14-15-26(24)28/h11-20H,7-10H2,1-6H3/b13-11-,16-12+,23-18-. The third-order valence-corrected chi connectivity index (χ3v) is 4.95. The van der Waals surface area contributed by atoms with Gasteiger partial charge in [-0.15, -0.1) is 0 Å². The number of nitrogens with zero attached hydrogens (tertiary/aromatic N) is 2. The fourth-order valence-corrected chi connectivity index (χ4v) is 3.33. The van der Waals surface area contributed by atoms with Crippen LogP contribution in [0.4, 0.5) is 0 Å². The maximum Gasteiger partial charge on any atom is 0.0529 e. The van der Waals surface area contributed by atoms with Crippen molar-refractivity contribution in [1.82, 2.24) is 9.47 Å². The van der Waals surface area contributed by atoms with E-state index < -0.39 is 0 Å². The molecule has 0 bridgehead atoms. The van der Waals surface area contributed by atoms with Gasteiger partial charge in [0.1, 0.15) is 0 Å². The number of fused-ring (bicyclic) bond motifs is 1. The van der Waals surface area contributed by atoms with Crippen molar-refractivity contribution in [3.63, 3.8) is 0 Å². The molecule has 0 aliphatic rings. The first-order valence-corrected chi connectivity index (χ1v) is 10.6. The topological polar surface area (TPSA) is 8.17 Å². The summed E-state index contributed by atoms with van der Waals surface area (Å²) in [5.41, 5.74) is 6.22. The molecule has 0 fully saturated rings. The van der Waals surface area contributed by atoms with Crippen LogP contribution in [0.3, 0.4) is 0 Å². The van der Waals surface area contributed by atoms with E-state index in [0.717, 1.165) is 25.0 Å². The molecule has 2 aromatic rings. The van der Waals surface area contributed by atoms with Gasteiger partial charge in [0.25, 0.3) is 0 Å². The normalized spacial score (nSPS) is 12.8. The van der Waals surface area contributed by atoms with E-state index in [1.54, 1.807) is 0 Å². The summed E-state index contributed by atoms with van der Waals surface area (Å²) >= 11 is 0. The molecule has 0 N–H and O–H groups in total. The van der Waals surface area contributed by atoms with Gasteiger partial charge in [-0.3, -0.25) is 0 Å². The van der Waals surface area contributed by atoms with Crippen LogP contribution in [0.1, 0.15) is 70.9 Å². The molecule has 0 saturated heterocycles. The van der Waals surface area contributed by atoms with Crippen LogP contribution in [0.25, 0.3) is 16.6 Å². The Morgan fingerprint density at radius 2 is 1.86 bits per heavy atom. The van der Waals surface area contributed by atoms with E-state index in [9.17, 15) is 0 Å².